The summed E-state index contributed by atoms with van der Waals surface area (Å²) in [5.74, 6) is -0.330. The van der Waals surface area contributed by atoms with Gasteiger partial charge in [-0.25, -0.2) is 8.42 Å². The zero-order valence-corrected chi connectivity index (χ0v) is 18.6. The molecule has 2 aromatic carbocycles. The Morgan fingerprint density at radius 3 is 2.43 bits per heavy atom. The molecule has 0 bridgehead atoms. The number of aryl methyl sites for hydroxylation is 1. The molecule has 1 N–H and O–H groups in total. The second-order valence-corrected chi connectivity index (χ2v) is 9.95. The number of sulfonamides is 1. The fourth-order valence-electron chi connectivity index (χ4n) is 3.78. The SMILES string of the molecule is Cc1cccc(N(CC(=O)NCc2cccc(CN3CCCCC3)c2)S(C)(=O)=O)c1. The quantitative estimate of drug-likeness (QED) is 0.700. The van der Waals surface area contributed by atoms with Crippen LogP contribution in [0.2, 0.25) is 0 Å². The summed E-state index contributed by atoms with van der Waals surface area (Å²) < 4.78 is 25.6. The van der Waals surface area contributed by atoms with Gasteiger partial charge in [-0.3, -0.25) is 14.0 Å². The predicted octanol–water partition coefficient (Wildman–Crippen LogP) is 3.06. The van der Waals surface area contributed by atoms with Crippen LogP contribution in [-0.4, -0.2) is 45.1 Å². The lowest BCUT2D eigenvalue weighted by atomic mass is 10.1. The van der Waals surface area contributed by atoms with E-state index in [0.717, 1.165) is 41.3 Å². The van der Waals surface area contributed by atoms with E-state index in [1.54, 1.807) is 18.2 Å². The highest BCUT2D eigenvalue weighted by Crippen LogP contribution is 2.19. The van der Waals surface area contributed by atoms with Crippen LogP contribution in [0.3, 0.4) is 0 Å². The van der Waals surface area contributed by atoms with Crippen LogP contribution in [0, 0.1) is 6.92 Å². The lowest BCUT2D eigenvalue weighted by molar-refractivity contribution is -0.119. The van der Waals surface area contributed by atoms with Crippen LogP contribution >= 0.6 is 0 Å². The number of piperidine rings is 1. The van der Waals surface area contributed by atoms with E-state index < -0.39 is 10.0 Å². The van der Waals surface area contributed by atoms with Crippen LogP contribution in [0.4, 0.5) is 5.69 Å². The summed E-state index contributed by atoms with van der Waals surface area (Å²) in [5, 5.41) is 2.86. The number of rotatable bonds is 8. The predicted molar refractivity (Wildman–Crippen MR) is 121 cm³/mol. The molecule has 30 heavy (non-hydrogen) atoms. The highest BCUT2D eigenvalue weighted by atomic mass is 32.2. The molecule has 1 amide bonds. The van der Waals surface area contributed by atoms with Crippen LogP contribution in [-0.2, 0) is 27.9 Å². The number of hydrogen-bond acceptors (Lipinski definition) is 4. The first-order chi connectivity index (χ1) is 14.3. The molecule has 162 valence electrons. The van der Waals surface area contributed by atoms with Crippen molar-refractivity contribution >= 4 is 21.6 Å². The number of nitrogens with zero attached hydrogens (tertiary/aromatic N) is 2. The molecule has 0 atom stereocenters. The van der Waals surface area contributed by atoms with Gasteiger partial charge in [-0.2, -0.15) is 0 Å². The van der Waals surface area contributed by atoms with Crippen LogP contribution in [0.1, 0.15) is 36.0 Å². The topological polar surface area (TPSA) is 69.7 Å². The maximum absolute atomic E-state index is 12.5. The van der Waals surface area contributed by atoms with Gasteiger partial charge in [0.2, 0.25) is 15.9 Å². The van der Waals surface area contributed by atoms with E-state index in [-0.39, 0.29) is 12.5 Å². The molecule has 2 aromatic rings. The van der Waals surface area contributed by atoms with Crippen molar-refractivity contribution in [1.29, 1.82) is 0 Å². The average Bonchev–Trinajstić information content (AvgIpc) is 2.71. The molecule has 1 saturated heterocycles. The van der Waals surface area contributed by atoms with Crippen molar-refractivity contribution in [3.63, 3.8) is 0 Å². The summed E-state index contributed by atoms with van der Waals surface area (Å²) in [6.45, 7) is 5.23. The molecule has 0 aliphatic carbocycles. The minimum Gasteiger partial charge on any atom is -0.350 e. The Balaban J connectivity index is 1.59. The van der Waals surface area contributed by atoms with Gasteiger partial charge in [0, 0.05) is 13.1 Å². The largest absolute Gasteiger partial charge is 0.350 e. The molecule has 0 saturated carbocycles. The first-order valence-electron chi connectivity index (χ1n) is 10.4. The van der Waals surface area contributed by atoms with E-state index in [4.69, 9.17) is 0 Å². The average molecular weight is 430 g/mol. The molecule has 0 spiro atoms. The Morgan fingerprint density at radius 1 is 1.03 bits per heavy atom. The normalized spacial score (nSPS) is 15.0. The fourth-order valence-corrected chi connectivity index (χ4v) is 4.63. The summed E-state index contributed by atoms with van der Waals surface area (Å²) >= 11 is 0. The van der Waals surface area contributed by atoms with Crippen molar-refractivity contribution in [3.8, 4) is 0 Å². The number of amides is 1. The molecule has 1 aliphatic heterocycles. The summed E-state index contributed by atoms with van der Waals surface area (Å²) in [6.07, 6.45) is 4.95. The minimum absolute atomic E-state index is 0.240. The third kappa shape index (κ3) is 6.57. The molecular weight excluding hydrogens is 398 g/mol. The number of carbonyl (C=O) groups excluding carboxylic acids is 1. The smallest absolute Gasteiger partial charge is 0.241 e. The molecule has 7 heteroatoms. The molecular formula is C23H31N3O3S. The van der Waals surface area contributed by atoms with E-state index in [1.807, 2.05) is 25.1 Å². The van der Waals surface area contributed by atoms with Crippen molar-refractivity contribution in [3.05, 3.63) is 65.2 Å². The van der Waals surface area contributed by atoms with Crippen molar-refractivity contribution < 1.29 is 13.2 Å². The molecule has 0 aromatic heterocycles. The van der Waals surface area contributed by atoms with Crippen molar-refractivity contribution in [2.45, 2.75) is 39.3 Å². The van der Waals surface area contributed by atoms with Gasteiger partial charge in [-0.1, -0.05) is 42.8 Å². The van der Waals surface area contributed by atoms with E-state index in [2.05, 4.69) is 22.3 Å². The molecule has 1 aliphatic rings. The van der Waals surface area contributed by atoms with E-state index in [1.165, 1.54) is 24.8 Å². The number of benzene rings is 2. The van der Waals surface area contributed by atoms with Gasteiger partial charge in [0.15, 0.2) is 0 Å². The third-order valence-electron chi connectivity index (χ3n) is 5.31. The Kier molecular flexibility index (Phi) is 7.50. The third-order valence-corrected chi connectivity index (χ3v) is 6.45. The van der Waals surface area contributed by atoms with Crippen molar-refractivity contribution in [2.75, 3.05) is 30.2 Å². The van der Waals surface area contributed by atoms with Gasteiger partial charge in [0.1, 0.15) is 6.54 Å². The van der Waals surface area contributed by atoms with Crippen LogP contribution in [0.15, 0.2) is 48.5 Å². The second-order valence-electron chi connectivity index (χ2n) is 8.04. The highest BCUT2D eigenvalue weighted by molar-refractivity contribution is 7.92. The monoisotopic (exact) mass is 429 g/mol. The zero-order valence-electron chi connectivity index (χ0n) is 17.8. The number of anilines is 1. The minimum atomic E-state index is -3.57. The van der Waals surface area contributed by atoms with Crippen LogP contribution in [0.25, 0.3) is 0 Å². The van der Waals surface area contributed by atoms with Gasteiger partial charge in [-0.15, -0.1) is 0 Å². The van der Waals surface area contributed by atoms with Crippen LogP contribution < -0.4 is 9.62 Å². The summed E-state index contributed by atoms with van der Waals surface area (Å²) in [6, 6.07) is 15.4. The number of hydrogen-bond donors (Lipinski definition) is 1. The Hall–Kier alpha value is -2.38. The molecule has 3 rings (SSSR count). The maximum atomic E-state index is 12.5. The Morgan fingerprint density at radius 2 is 1.73 bits per heavy atom. The van der Waals surface area contributed by atoms with Gasteiger partial charge < -0.3 is 5.32 Å². The summed E-state index contributed by atoms with van der Waals surface area (Å²) in [7, 11) is -3.57. The number of carbonyl (C=O) groups is 1. The van der Waals surface area contributed by atoms with E-state index in [9.17, 15) is 13.2 Å². The molecule has 6 nitrogen and oxygen atoms in total. The summed E-state index contributed by atoms with van der Waals surface area (Å²) in [4.78, 5) is 15.0. The van der Waals surface area contributed by atoms with Crippen molar-refractivity contribution in [1.82, 2.24) is 10.2 Å². The van der Waals surface area contributed by atoms with Gasteiger partial charge in [-0.05, 0) is 61.7 Å². The first kappa shape index (κ1) is 22.3. The maximum Gasteiger partial charge on any atom is 0.241 e. The van der Waals surface area contributed by atoms with E-state index in [0.29, 0.717) is 12.2 Å². The van der Waals surface area contributed by atoms with E-state index >= 15 is 0 Å². The molecule has 0 radical (unpaired) electrons. The number of nitrogens with one attached hydrogen (secondary N) is 1. The lowest BCUT2D eigenvalue weighted by Crippen LogP contribution is -2.40. The number of likely N-dealkylation sites (tertiary alicyclic amines) is 1. The summed E-state index contributed by atoms with van der Waals surface area (Å²) in [5.41, 5.74) is 3.68. The second kappa shape index (κ2) is 10.1. The first-order valence-corrected chi connectivity index (χ1v) is 12.3. The molecule has 0 unspecified atom stereocenters. The van der Waals surface area contributed by atoms with Crippen molar-refractivity contribution in [2.24, 2.45) is 0 Å². The van der Waals surface area contributed by atoms with Gasteiger partial charge in [0.05, 0.1) is 11.9 Å². The standard InChI is InChI=1S/C23H31N3O3S/c1-19-8-6-11-22(14-19)26(30(2,28)29)18-23(27)24-16-20-9-7-10-21(15-20)17-25-12-4-3-5-13-25/h6-11,14-15H,3-5,12-13,16-18H2,1-2H3,(H,24,27). The molecule has 1 fully saturated rings. The Bertz CT molecular complexity index is 969. The van der Waals surface area contributed by atoms with Gasteiger partial charge in [0.25, 0.3) is 0 Å². The molecule has 1 heterocycles. The zero-order chi connectivity index (χ0) is 21.6. The fraction of sp³-hybridized carbons (Fsp3) is 0.435. The Labute approximate surface area is 179 Å². The van der Waals surface area contributed by atoms with Gasteiger partial charge >= 0.3 is 0 Å². The lowest BCUT2D eigenvalue weighted by Gasteiger charge is -2.26. The van der Waals surface area contributed by atoms with Crippen LogP contribution in [0.5, 0.6) is 0 Å². The highest BCUT2D eigenvalue weighted by Gasteiger charge is 2.20.